The number of benzene rings is 2. The number of aromatic nitrogens is 1. The highest BCUT2D eigenvalue weighted by molar-refractivity contribution is 7.21. The van der Waals surface area contributed by atoms with E-state index in [1.807, 2.05) is 42.5 Å². The molecule has 3 heterocycles. The number of para-hydroxylation sites is 1. The number of amides is 1. The van der Waals surface area contributed by atoms with Gasteiger partial charge >= 0.3 is 0 Å². The normalized spacial score (nSPS) is 14.7. The van der Waals surface area contributed by atoms with Crippen LogP contribution in [0.5, 0.6) is 5.75 Å². The van der Waals surface area contributed by atoms with E-state index < -0.39 is 0 Å². The van der Waals surface area contributed by atoms with Crippen molar-refractivity contribution in [2.75, 3.05) is 5.73 Å². The molecular weight excluding hydrogens is 394 g/mol. The van der Waals surface area contributed by atoms with Gasteiger partial charge in [0.15, 0.2) is 0 Å². The summed E-state index contributed by atoms with van der Waals surface area (Å²) in [7, 11) is 0. The molecule has 2 aromatic heterocycles. The molecule has 3 N–H and O–H groups in total. The summed E-state index contributed by atoms with van der Waals surface area (Å²) in [6.45, 7) is 0.415. The van der Waals surface area contributed by atoms with Crippen molar-refractivity contribution in [1.29, 1.82) is 0 Å². The van der Waals surface area contributed by atoms with Crippen LogP contribution in [0.1, 0.15) is 28.1 Å². The second kappa shape index (κ2) is 6.57. The van der Waals surface area contributed by atoms with E-state index in [-0.39, 0.29) is 11.9 Å². The summed E-state index contributed by atoms with van der Waals surface area (Å²) >= 11 is 1.37. The van der Waals surface area contributed by atoms with Gasteiger partial charge < -0.3 is 15.8 Å². The number of anilines is 1. The molecule has 0 radical (unpaired) electrons. The van der Waals surface area contributed by atoms with Gasteiger partial charge in [-0.2, -0.15) is 0 Å². The molecule has 2 aliphatic rings. The summed E-state index contributed by atoms with van der Waals surface area (Å²) in [6, 6.07) is 18.4. The van der Waals surface area contributed by atoms with E-state index in [2.05, 4.69) is 17.4 Å². The van der Waals surface area contributed by atoms with Crippen LogP contribution in [0, 0.1) is 0 Å². The van der Waals surface area contributed by atoms with Gasteiger partial charge in [-0.25, -0.2) is 4.98 Å². The highest BCUT2D eigenvalue weighted by Gasteiger charge is 2.30. The number of rotatable bonds is 3. The maximum Gasteiger partial charge on any atom is 0.263 e. The number of ether oxygens (including phenoxy) is 1. The third-order valence-corrected chi connectivity index (χ3v) is 6.77. The largest absolute Gasteiger partial charge is 0.488 e. The number of carbonyl (C=O) groups is 1. The molecule has 6 rings (SSSR count). The Morgan fingerprint density at radius 3 is 2.67 bits per heavy atom. The number of carbonyl (C=O) groups excluding carboxylic acids is 1. The van der Waals surface area contributed by atoms with E-state index in [1.165, 1.54) is 11.3 Å². The lowest BCUT2D eigenvalue weighted by atomic mass is 9.92. The third kappa shape index (κ3) is 2.68. The van der Waals surface area contributed by atoms with Crippen molar-refractivity contribution in [2.24, 2.45) is 0 Å². The van der Waals surface area contributed by atoms with Gasteiger partial charge in [0.1, 0.15) is 22.1 Å². The molecule has 0 spiro atoms. The molecular formula is C24H19N3O2S. The Kier molecular flexibility index (Phi) is 3.83. The van der Waals surface area contributed by atoms with Gasteiger partial charge in [0, 0.05) is 28.1 Å². The van der Waals surface area contributed by atoms with Crippen molar-refractivity contribution in [3.05, 3.63) is 65.0 Å². The lowest BCUT2D eigenvalue weighted by molar-refractivity contribution is 0.0956. The monoisotopic (exact) mass is 413 g/mol. The average molecular weight is 414 g/mol. The van der Waals surface area contributed by atoms with Crippen LogP contribution >= 0.6 is 11.3 Å². The Morgan fingerprint density at radius 2 is 1.87 bits per heavy atom. The van der Waals surface area contributed by atoms with Crippen molar-refractivity contribution in [3.63, 3.8) is 0 Å². The Morgan fingerprint density at radius 1 is 1.10 bits per heavy atom. The fraction of sp³-hybridized carbons (Fsp3) is 0.167. The smallest absolute Gasteiger partial charge is 0.263 e. The predicted octanol–water partition coefficient (Wildman–Crippen LogP) is 5.00. The van der Waals surface area contributed by atoms with E-state index in [9.17, 15) is 4.79 Å². The molecule has 30 heavy (non-hydrogen) atoms. The van der Waals surface area contributed by atoms with E-state index in [0.29, 0.717) is 17.2 Å². The van der Waals surface area contributed by atoms with Crippen LogP contribution in [0.25, 0.3) is 32.6 Å². The summed E-state index contributed by atoms with van der Waals surface area (Å²) < 4.78 is 6.06. The summed E-state index contributed by atoms with van der Waals surface area (Å²) in [6.07, 6.45) is 2.07. The Hall–Kier alpha value is -3.38. The quantitative estimate of drug-likeness (QED) is 0.496. The number of nitrogens with zero attached hydrogens (tertiary/aromatic N) is 1. The van der Waals surface area contributed by atoms with Crippen LogP contribution in [-0.2, 0) is 6.61 Å². The maximum atomic E-state index is 12.8. The number of nitrogens with one attached hydrogen (secondary N) is 1. The second-order valence-electron chi connectivity index (χ2n) is 7.74. The average Bonchev–Trinajstić information content (AvgIpc) is 3.54. The molecule has 0 atom stereocenters. The Balaban J connectivity index is 1.65. The number of hydrogen-bond acceptors (Lipinski definition) is 5. The standard InChI is InChI=1S/C24H19N3O2S/c25-20-19-18(13-6-2-1-3-7-13)16-12-29-17-9-5-4-8-15(17)21(16)27-24(19)30-22(20)23(28)26-14-10-11-14/h1-9,14H,10-12,25H2,(H,26,28). The van der Waals surface area contributed by atoms with E-state index in [0.717, 1.165) is 56.8 Å². The fourth-order valence-electron chi connectivity index (χ4n) is 4.06. The Bertz CT molecular complexity index is 1310. The van der Waals surface area contributed by atoms with Crippen LogP contribution in [0.2, 0.25) is 0 Å². The first-order valence-electron chi connectivity index (χ1n) is 10.0. The SMILES string of the molecule is Nc1c(C(=O)NC2CC2)sc2nc3c(c(-c4ccccc4)c12)COc1ccccc1-3. The zero-order chi connectivity index (χ0) is 20.2. The zero-order valence-corrected chi connectivity index (χ0v) is 17.0. The summed E-state index contributed by atoms with van der Waals surface area (Å²) in [5, 5.41) is 3.90. The van der Waals surface area contributed by atoms with E-state index in [1.54, 1.807) is 0 Å². The maximum absolute atomic E-state index is 12.8. The van der Waals surface area contributed by atoms with Crippen molar-refractivity contribution >= 4 is 33.1 Å². The predicted molar refractivity (Wildman–Crippen MR) is 120 cm³/mol. The molecule has 2 aromatic carbocycles. The Labute approximate surface area is 177 Å². The summed E-state index contributed by atoms with van der Waals surface area (Å²) in [4.78, 5) is 19.1. The molecule has 0 saturated heterocycles. The van der Waals surface area contributed by atoms with Crippen LogP contribution in [0.4, 0.5) is 5.69 Å². The molecule has 1 aliphatic carbocycles. The first kappa shape index (κ1) is 17.5. The van der Waals surface area contributed by atoms with Crippen molar-refractivity contribution in [3.8, 4) is 28.1 Å². The van der Waals surface area contributed by atoms with Crippen LogP contribution in [0.15, 0.2) is 54.6 Å². The summed E-state index contributed by atoms with van der Waals surface area (Å²) in [5.74, 6) is 0.721. The molecule has 1 aliphatic heterocycles. The molecule has 1 amide bonds. The van der Waals surface area contributed by atoms with Crippen LogP contribution in [0.3, 0.4) is 0 Å². The minimum absolute atomic E-state index is 0.105. The minimum atomic E-state index is -0.105. The third-order valence-electron chi connectivity index (χ3n) is 5.67. The number of thiophene rings is 1. The first-order chi connectivity index (χ1) is 14.7. The van der Waals surface area contributed by atoms with Crippen LogP contribution < -0.4 is 15.8 Å². The zero-order valence-electron chi connectivity index (χ0n) is 16.1. The number of pyridine rings is 1. The molecule has 5 nitrogen and oxygen atoms in total. The van der Waals surface area contributed by atoms with E-state index >= 15 is 0 Å². The first-order valence-corrected chi connectivity index (χ1v) is 10.9. The van der Waals surface area contributed by atoms with Crippen molar-refractivity contribution in [2.45, 2.75) is 25.5 Å². The number of nitrogen functional groups attached to an aromatic ring is 1. The van der Waals surface area contributed by atoms with Gasteiger partial charge in [-0.3, -0.25) is 4.79 Å². The topological polar surface area (TPSA) is 77.2 Å². The van der Waals surface area contributed by atoms with E-state index in [4.69, 9.17) is 15.5 Å². The van der Waals surface area contributed by atoms with Crippen molar-refractivity contribution < 1.29 is 9.53 Å². The van der Waals surface area contributed by atoms with Gasteiger partial charge in [-0.05, 0) is 30.5 Å². The molecule has 4 aromatic rings. The molecule has 1 saturated carbocycles. The number of nitrogens with two attached hydrogens (primary N) is 1. The highest BCUT2D eigenvalue weighted by atomic mass is 32.1. The van der Waals surface area contributed by atoms with Gasteiger partial charge in [0.05, 0.1) is 11.4 Å². The fourth-order valence-corrected chi connectivity index (χ4v) is 5.07. The van der Waals surface area contributed by atoms with Gasteiger partial charge in [-0.15, -0.1) is 11.3 Å². The van der Waals surface area contributed by atoms with Crippen molar-refractivity contribution in [1.82, 2.24) is 10.3 Å². The number of hydrogen-bond donors (Lipinski definition) is 2. The molecule has 6 heteroatoms. The van der Waals surface area contributed by atoms with Gasteiger partial charge in [-0.1, -0.05) is 42.5 Å². The molecule has 0 unspecified atom stereocenters. The number of fused-ring (bicyclic) bond motifs is 4. The molecule has 0 bridgehead atoms. The minimum Gasteiger partial charge on any atom is -0.488 e. The van der Waals surface area contributed by atoms with Crippen LogP contribution in [-0.4, -0.2) is 16.9 Å². The van der Waals surface area contributed by atoms with Gasteiger partial charge in [0.2, 0.25) is 0 Å². The van der Waals surface area contributed by atoms with Gasteiger partial charge in [0.25, 0.3) is 5.91 Å². The highest BCUT2D eigenvalue weighted by Crippen LogP contribution is 2.47. The second-order valence-corrected chi connectivity index (χ2v) is 8.74. The lowest BCUT2D eigenvalue weighted by Crippen LogP contribution is -2.25. The molecule has 1 fully saturated rings. The summed E-state index contributed by atoms with van der Waals surface area (Å²) in [5.41, 5.74) is 12.0. The lowest BCUT2D eigenvalue weighted by Gasteiger charge is -2.23. The molecule has 148 valence electrons.